The van der Waals surface area contributed by atoms with Gasteiger partial charge in [0.25, 0.3) is 0 Å². The molecule has 4 rings (SSSR count). The van der Waals surface area contributed by atoms with Crippen LogP contribution in [0.25, 0.3) is 10.9 Å². The molecule has 126 valence electrons. The van der Waals surface area contributed by atoms with Crippen LogP contribution in [0, 0.1) is 17.2 Å². The van der Waals surface area contributed by atoms with Crippen molar-refractivity contribution in [3.63, 3.8) is 0 Å². The highest BCUT2D eigenvalue weighted by Gasteiger charge is 2.22. The predicted octanol–water partition coefficient (Wildman–Crippen LogP) is 4.08. The second kappa shape index (κ2) is 7.13. The van der Waals surface area contributed by atoms with Crippen LogP contribution in [0.15, 0.2) is 60.8 Å². The van der Waals surface area contributed by atoms with Crippen LogP contribution in [0.4, 0.5) is 0 Å². The average molecular weight is 329 g/mol. The number of fused-ring (bicyclic) bond motifs is 1. The van der Waals surface area contributed by atoms with E-state index >= 15 is 0 Å². The number of hydrogen-bond donors (Lipinski definition) is 0. The zero-order valence-corrected chi connectivity index (χ0v) is 14.4. The Morgan fingerprint density at radius 2 is 1.96 bits per heavy atom. The van der Waals surface area contributed by atoms with Gasteiger partial charge in [0.2, 0.25) is 0 Å². The second-order valence-corrected chi connectivity index (χ2v) is 7.04. The highest BCUT2D eigenvalue weighted by Crippen LogP contribution is 2.23. The van der Waals surface area contributed by atoms with E-state index in [1.165, 1.54) is 30.6 Å². The number of nitriles is 1. The summed E-state index contributed by atoms with van der Waals surface area (Å²) >= 11 is 0. The summed E-state index contributed by atoms with van der Waals surface area (Å²) in [5, 5.41) is 10.2. The monoisotopic (exact) mass is 329 g/mol. The third-order valence-corrected chi connectivity index (χ3v) is 5.28. The van der Waals surface area contributed by atoms with Crippen molar-refractivity contribution in [2.75, 3.05) is 19.6 Å². The molecule has 1 aliphatic heterocycles. The van der Waals surface area contributed by atoms with Gasteiger partial charge >= 0.3 is 0 Å². The molecular weight excluding hydrogens is 306 g/mol. The molecule has 25 heavy (non-hydrogen) atoms. The molecule has 0 bridgehead atoms. The number of rotatable bonds is 5. The van der Waals surface area contributed by atoms with E-state index in [2.05, 4.69) is 64.2 Å². The lowest BCUT2D eigenvalue weighted by Gasteiger charge is -2.16. The molecule has 0 aliphatic carbocycles. The maximum Gasteiger partial charge on any atom is 0.0991 e. The molecule has 3 nitrogen and oxygen atoms in total. The van der Waals surface area contributed by atoms with Crippen molar-refractivity contribution in [1.82, 2.24) is 9.47 Å². The molecule has 0 spiro atoms. The molecule has 1 atom stereocenters. The minimum absolute atomic E-state index is 0.710. The van der Waals surface area contributed by atoms with Gasteiger partial charge in [0.1, 0.15) is 0 Å². The van der Waals surface area contributed by atoms with Crippen LogP contribution in [0.2, 0.25) is 0 Å². The number of hydrogen-bond acceptors (Lipinski definition) is 2. The third kappa shape index (κ3) is 3.60. The first-order valence-corrected chi connectivity index (χ1v) is 9.07. The minimum atomic E-state index is 0.710. The van der Waals surface area contributed by atoms with Crippen molar-refractivity contribution in [3.8, 4) is 6.07 Å². The molecule has 1 fully saturated rings. The van der Waals surface area contributed by atoms with E-state index in [9.17, 15) is 0 Å². The Balaban J connectivity index is 1.36. The van der Waals surface area contributed by atoms with Crippen molar-refractivity contribution in [3.05, 3.63) is 71.9 Å². The Hall–Kier alpha value is -2.57. The van der Waals surface area contributed by atoms with Gasteiger partial charge in [-0.3, -0.25) is 0 Å². The van der Waals surface area contributed by atoms with Gasteiger partial charge in [-0.25, -0.2) is 0 Å². The van der Waals surface area contributed by atoms with Crippen molar-refractivity contribution in [2.24, 2.45) is 5.92 Å². The molecule has 1 aliphatic rings. The zero-order valence-electron chi connectivity index (χ0n) is 14.4. The number of nitrogens with zero attached hydrogens (tertiary/aromatic N) is 3. The Bertz CT molecular complexity index is 889. The third-order valence-electron chi connectivity index (χ3n) is 5.28. The molecule has 3 aromatic rings. The van der Waals surface area contributed by atoms with Crippen molar-refractivity contribution < 1.29 is 0 Å². The first-order valence-electron chi connectivity index (χ1n) is 9.07. The first-order chi connectivity index (χ1) is 12.3. The lowest BCUT2D eigenvalue weighted by atomic mass is 10.1. The van der Waals surface area contributed by atoms with E-state index in [-0.39, 0.29) is 0 Å². The van der Waals surface area contributed by atoms with Gasteiger partial charge in [-0.05, 0) is 55.1 Å². The fourth-order valence-electron chi connectivity index (χ4n) is 3.90. The van der Waals surface area contributed by atoms with E-state index < -0.39 is 0 Å². The smallest absolute Gasteiger partial charge is 0.0991 e. The summed E-state index contributed by atoms with van der Waals surface area (Å²) in [6.45, 7) is 4.60. The standard InChI is InChI=1S/C22H23N3/c23-15-19-6-7-22-21(14-19)10-13-25(22)17-20-9-12-24(16-20)11-8-18-4-2-1-3-5-18/h1-7,10,13-14,20H,8-9,11-12,16-17H2. The number of benzene rings is 2. The maximum atomic E-state index is 9.03. The highest BCUT2D eigenvalue weighted by atomic mass is 15.1. The summed E-state index contributed by atoms with van der Waals surface area (Å²) in [4.78, 5) is 2.59. The Morgan fingerprint density at radius 1 is 1.08 bits per heavy atom. The lowest BCUT2D eigenvalue weighted by Crippen LogP contribution is -2.24. The second-order valence-electron chi connectivity index (χ2n) is 7.04. The zero-order chi connectivity index (χ0) is 17.1. The molecule has 0 saturated carbocycles. The fourth-order valence-corrected chi connectivity index (χ4v) is 3.90. The van der Waals surface area contributed by atoms with E-state index in [0.717, 1.165) is 30.5 Å². The molecule has 0 N–H and O–H groups in total. The Kier molecular flexibility index (Phi) is 4.54. The molecule has 1 saturated heterocycles. The summed E-state index contributed by atoms with van der Waals surface area (Å²) in [5.41, 5.74) is 3.40. The van der Waals surface area contributed by atoms with Gasteiger partial charge in [0, 0.05) is 36.7 Å². The SMILES string of the molecule is N#Cc1ccc2c(ccn2CC2CCN(CCc3ccccc3)C2)c1. The number of likely N-dealkylation sites (tertiary alicyclic amines) is 1. The van der Waals surface area contributed by atoms with Crippen LogP contribution >= 0.6 is 0 Å². The van der Waals surface area contributed by atoms with Crippen LogP contribution in [-0.2, 0) is 13.0 Å². The van der Waals surface area contributed by atoms with E-state index in [4.69, 9.17) is 5.26 Å². The number of aromatic nitrogens is 1. The van der Waals surface area contributed by atoms with Crippen LogP contribution in [0.3, 0.4) is 0 Å². The molecule has 0 radical (unpaired) electrons. The summed E-state index contributed by atoms with van der Waals surface area (Å²) in [6.07, 6.45) is 4.57. The van der Waals surface area contributed by atoms with Gasteiger partial charge in [-0.2, -0.15) is 5.26 Å². The Morgan fingerprint density at radius 3 is 2.80 bits per heavy atom. The van der Waals surface area contributed by atoms with Crippen molar-refractivity contribution >= 4 is 10.9 Å². The quantitative estimate of drug-likeness (QED) is 0.706. The van der Waals surface area contributed by atoms with Crippen LogP contribution in [-0.4, -0.2) is 29.1 Å². The van der Waals surface area contributed by atoms with Gasteiger partial charge in [-0.1, -0.05) is 30.3 Å². The molecule has 2 aromatic carbocycles. The Labute approximate surface area is 149 Å². The van der Waals surface area contributed by atoms with Gasteiger partial charge < -0.3 is 9.47 Å². The van der Waals surface area contributed by atoms with Crippen molar-refractivity contribution in [2.45, 2.75) is 19.4 Å². The fraction of sp³-hybridized carbons (Fsp3) is 0.318. The van der Waals surface area contributed by atoms with Crippen LogP contribution in [0.1, 0.15) is 17.5 Å². The maximum absolute atomic E-state index is 9.03. The van der Waals surface area contributed by atoms with E-state index in [1.807, 2.05) is 12.1 Å². The molecule has 2 heterocycles. The minimum Gasteiger partial charge on any atom is -0.347 e. The summed E-state index contributed by atoms with van der Waals surface area (Å²) in [7, 11) is 0. The summed E-state index contributed by atoms with van der Waals surface area (Å²) < 4.78 is 2.35. The first kappa shape index (κ1) is 15.9. The lowest BCUT2D eigenvalue weighted by molar-refractivity contribution is 0.321. The van der Waals surface area contributed by atoms with E-state index in [0.29, 0.717) is 5.92 Å². The van der Waals surface area contributed by atoms with Gasteiger partial charge in [0.05, 0.1) is 11.6 Å². The molecule has 3 heteroatoms. The van der Waals surface area contributed by atoms with Crippen molar-refractivity contribution in [1.29, 1.82) is 5.26 Å². The normalized spacial score (nSPS) is 17.8. The summed E-state index contributed by atoms with van der Waals surface area (Å²) in [5.74, 6) is 0.710. The van der Waals surface area contributed by atoms with Crippen LogP contribution in [0.5, 0.6) is 0 Å². The highest BCUT2D eigenvalue weighted by molar-refractivity contribution is 5.81. The predicted molar refractivity (Wildman–Crippen MR) is 101 cm³/mol. The van der Waals surface area contributed by atoms with Gasteiger partial charge in [0.15, 0.2) is 0 Å². The summed E-state index contributed by atoms with van der Waals surface area (Å²) in [6, 6.07) is 21.1. The molecular formula is C22H23N3. The molecule has 0 amide bonds. The average Bonchev–Trinajstić information content (AvgIpc) is 3.28. The van der Waals surface area contributed by atoms with E-state index in [1.54, 1.807) is 0 Å². The van der Waals surface area contributed by atoms with Crippen LogP contribution < -0.4 is 0 Å². The molecule has 1 aromatic heterocycles. The largest absolute Gasteiger partial charge is 0.347 e. The van der Waals surface area contributed by atoms with Gasteiger partial charge in [-0.15, -0.1) is 0 Å². The molecule has 1 unspecified atom stereocenters. The topological polar surface area (TPSA) is 32.0 Å².